The van der Waals surface area contributed by atoms with Gasteiger partial charge in [0, 0.05) is 11.8 Å². The zero-order valence-electron chi connectivity index (χ0n) is 7.18. The largest absolute Gasteiger partial charge is 0.313 e. The third-order valence-electron chi connectivity index (χ3n) is 2.01. The van der Waals surface area contributed by atoms with Crippen LogP contribution >= 0.6 is 63.7 Å². The van der Waals surface area contributed by atoms with E-state index in [-0.39, 0.29) is 8.96 Å². The lowest BCUT2D eigenvalue weighted by Crippen LogP contribution is -2.46. The van der Waals surface area contributed by atoms with E-state index < -0.39 is 16.2 Å². The Bertz CT molecular complexity index is 428. The number of carbonyl (C=O) groups excluding carboxylic acids is 1. The van der Waals surface area contributed by atoms with Gasteiger partial charge in [0.15, 0.2) is 0 Å². The first kappa shape index (κ1) is 13.5. The highest BCUT2D eigenvalue weighted by molar-refractivity contribution is 9.17. The standard InChI is InChI=1S/C7H3Br4NO3/c1-7(12(14)15)5(11)3(9)2(8)4(10)6(7)13/h1H3. The molecular formula is C7H3Br4NO3. The fraction of sp³-hybridized carbons (Fsp3) is 0.286. The predicted molar refractivity (Wildman–Crippen MR) is 70.2 cm³/mol. The van der Waals surface area contributed by atoms with Gasteiger partial charge in [-0.3, -0.25) is 14.9 Å². The first-order valence-corrected chi connectivity index (χ1v) is 6.72. The fourth-order valence-corrected chi connectivity index (χ4v) is 3.58. The lowest BCUT2D eigenvalue weighted by atomic mass is 9.93. The molecule has 0 aromatic carbocycles. The monoisotopic (exact) mass is 465 g/mol. The minimum Gasteiger partial charge on any atom is -0.285 e. The van der Waals surface area contributed by atoms with Crippen molar-refractivity contribution < 1.29 is 9.72 Å². The Hall–Kier alpha value is 0.470. The van der Waals surface area contributed by atoms with E-state index in [2.05, 4.69) is 63.7 Å². The number of ketones is 1. The van der Waals surface area contributed by atoms with Gasteiger partial charge in [0.05, 0.1) is 17.9 Å². The molecule has 0 radical (unpaired) electrons. The molecular weight excluding hydrogens is 466 g/mol. The highest BCUT2D eigenvalue weighted by atomic mass is 79.9. The van der Waals surface area contributed by atoms with E-state index in [1.54, 1.807) is 0 Å². The number of nitrogens with zero attached hydrogens (tertiary/aromatic N) is 1. The summed E-state index contributed by atoms with van der Waals surface area (Å²) in [5.74, 6) is -0.602. The molecule has 0 spiro atoms. The third kappa shape index (κ3) is 1.89. The molecule has 15 heavy (non-hydrogen) atoms. The van der Waals surface area contributed by atoms with Crippen LogP contribution in [0.3, 0.4) is 0 Å². The number of hydrogen-bond donors (Lipinski definition) is 0. The second-order valence-electron chi connectivity index (χ2n) is 2.91. The molecule has 0 saturated heterocycles. The van der Waals surface area contributed by atoms with Gasteiger partial charge in [-0.05, 0) is 63.7 Å². The molecule has 8 heteroatoms. The van der Waals surface area contributed by atoms with E-state index in [0.717, 1.165) is 0 Å². The van der Waals surface area contributed by atoms with Crippen LogP contribution in [-0.4, -0.2) is 16.2 Å². The van der Waals surface area contributed by atoms with E-state index in [1.165, 1.54) is 6.92 Å². The average molecular weight is 469 g/mol. The van der Waals surface area contributed by atoms with Crippen LogP contribution in [0.5, 0.6) is 0 Å². The highest BCUT2D eigenvalue weighted by Crippen LogP contribution is 2.46. The van der Waals surface area contributed by atoms with Gasteiger partial charge in [-0.25, -0.2) is 0 Å². The molecule has 0 aromatic rings. The van der Waals surface area contributed by atoms with Crippen LogP contribution in [0.15, 0.2) is 17.9 Å². The first-order valence-electron chi connectivity index (χ1n) is 3.55. The van der Waals surface area contributed by atoms with Crippen LogP contribution in [0.25, 0.3) is 0 Å². The fourth-order valence-electron chi connectivity index (χ4n) is 0.983. The van der Waals surface area contributed by atoms with Crippen molar-refractivity contribution in [1.82, 2.24) is 0 Å². The molecule has 82 valence electrons. The topological polar surface area (TPSA) is 60.2 Å². The summed E-state index contributed by atoms with van der Waals surface area (Å²) >= 11 is 12.4. The second kappa shape index (κ2) is 4.38. The number of rotatable bonds is 1. The maximum absolute atomic E-state index is 11.8. The molecule has 0 amide bonds. The second-order valence-corrected chi connectivity index (χ2v) is 6.09. The first-order chi connectivity index (χ1) is 6.74. The number of allylic oxidation sites excluding steroid dienone is 2. The number of hydrogen-bond acceptors (Lipinski definition) is 3. The zero-order valence-corrected chi connectivity index (χ0v) is 13.5. The van der Waals surface area contributed by atoms with Crippen molar-refractivity contribution in [2.45, 2.75) is 12.5 Å². The van der Waals surface area contributed by atoms with Gasteiger partial charge < -0.3 is 0 Å². The van der Waals surface area contributed by atoms with Crippen molar-refractivity contribution in [3.05, 3.63) is 28.0 Å². The quantitative estimate of drug-likeness (QED) is 0.436. The van der Waals surface area contributed by atoms with Gasteiger partial charge >= 0.3 is 5.54 Å². The zero-order chi connectivity index (χ0) is 12.0. The number of carbonyl (C=O) groups is 1. The van der Waals surface area contributed by atoms with Gasteiger partial charge in [-0.2, -0.15) is 0 Å². The summed E-state index contributed by atoms with van der Waals surface area (Å²) in [6, 6.07) is 0. The van der Waals surface area contributed by atoms with E-state index in [1.807, 2.05) is 0 Å². The van der Waals surface area contributed by atoms with Crippen LogP contribution in [0.2, 0.25) is 0 Å². The number of nitro groups is 1. The molecule has 1 unspecified atom stereocenters. The predicted octanol–water partition coefficient (Wildman–Crippen LogP) is 3.61. The van der Waals surface area contributed by atoms with Crippen LogP contribution in [0, 0.1) is 10.1 Å². The summed E-state index contributed by atoms with van der Waals surface area (Å²) in [7, 11) is 0. The summed E-state index contributed by atoms with van der Waals surface area (Å²) in [6.45, 7) is 1.25. The van der Waals surface area contributed by atoms with Crippen molar-refractivity contribution in [2.24, 2.45) is 0 Å². The third-order valence-corrected chi connectivity index (χ3v) is 7.12. The Balaban J connectivity index is 3.53. The number of Topliss-reactive ketones (excluding diaryl/α,β-unsaturated/α-hetero) is 1. The molecule has 0 aromatic heterocycles. The van der Waals surface area contributed by atoms with Gasteiger partial charge in [-0.1, -0.05) is 0 Å². The molecule has 0 aliphatic heterocycles. The van der Waals surface area contributed by atoms with Crippen molar-refractivity contribution in [2.75, 3.05) is 0 Å². The minimum atomic E-state index is -1.78. The maximum atomic E-state index is 11.8. The van der Waals surface area contributed by atoms with E-state index in [0.29, 0.717) is 8.96 Å². The smallest absolute Gasteiger partial charge is 0.285 e. The normalized spacial score (nSPS) is 27.4. The van der Waals surface area contributed by atoms with E-state index in [4.69, 9.17) is 0 Å². The number of halogens is 4. The van der Waals surface area contributed by atoms with Crippen LogP contribution in [0.1, 0.15) is 6.92 Å². The summed E-state index contributed by atoms with van der Waals surface area (Å²) in [5, 5.41) is 10.9. The van der Waals surface area contributed by atoms with E-state index >= 15 is 0 Å². The molecule has 0 heterocycles. The molecule has 1 rings (SSSR count). The van der Waals surface area contributed by atoms with Gasteiger partial charge in [-0.15, -0.1) is 0 Å². The molecule has 1 aliphatic rings. The lowest BCUT2D eigenvalue weighted by molar-refractivity contribution is -0.533. The minimum absolute atomic E-state index is 0.150. The van der Waals surface area contributed by atoms with Crippen molar-refractivity contribution in [1.29, 1.82) is 0 Å². The molecule has 0 saturated carbocycles. The van der Waals surface area contributed by atoms with Crippen molar-refractivity contribution >= 4 is 69.5 Å². The van der Waals surface area contributed by atoms with Crippen molar-refractivity contribution in [3.8, 4) is 0 Å². The Morgan fingerprint density at radius 1 is 1.13 bits per heavy atom. The van der Waals surface area contributed by atoms with Crippen molar-refractivity contribution in [3.63, 3.8) is 0 Å². The molecule has 1 atom stereocenters. The Labute approximate surface area is 119 Å². The summed E-state index contributed by atoms with van der Waals surface area (Å²) in [6.07, 6.45) is 0. The van der Waals surface area contributed by atoms with Gasteiger partial charge in [0.2, 0.25) is 0 Å². The Kier molecular flexibility index (Phi) is 3.96. The summed E-state index contributed by atoms with van der Waals surface area (Å²) < 4.78 is 1.25. The average Bonchev–Trinajstić information content (AvgIpc) is 2.20. The molecule has 0 N–H and O–H groups in total. The van der Waals surface area contributed by atoms with Crippen LogP contribution in [0.4, 0.5) is 0 Å². The Morgan fingerprint density at radius 2 is 1.60 bits per heavy atom. The maximum Gasteiger partial charge on any atom is 0.313 e. The highest BCUT2D eigenvalue weighted by Gasteiger charge is 2.54. The SMILES string of the molecule is CC1([N+](=O)[O-])C(=O)C(Br)=C(Br)C(Br)=C1Br. The summed E-state index contributed by atoms with van der Waals surface area (Å²) in [4.78, 5) is 22.1. The van der Waals surface area contributed by atoms with Crippen LogP contribution < -0.4 is 0 Å². The van der Waals surface area contributed by atoms with Crippen LogP contribution in [-0.2, 0) is 4.79 Å². The lowest BCUT2D eigenvalue weighted by Gasteiger charge is -2.24. The van der Waals surface area contributed by atoms with Gasteiger partial charge in [0.1, 0.15) is 0 Å². The van der Waals surface area contributed by atoms with Gasteiger partial charge in [0.25, 0.3) is 5.78 Å². The Morgan fingerprint density at radius 3 is 2.00 bits per heavy atom. The van der Waals surface area contributed by atoms with E-state index in [9.17, 15) is 14.9 Å². The molecule has 1 aliphatic carbocycles. The summed E-state index contributed by atoms with van der Waals surface area (Å²) in [5.41, 5.74) is -1.78. The molecule has 4 nitrogen and oxygen atoms in total. The molecule has 0 fully saturated rings. The molecule has 0 bridgehead atoms.